The highest BCUT2D eigenvalue weighted by Crippen LogP contribution is 2.33. The maximum absolute atomic E-state index is 12.8. The van der Waals surface area contributed by atoms with E-state index in [-0.39, 0.29) is 17.9 Å². The fraction of sp³-hybridized carbons (Fsp3) is 0.227. The van der Waals surface area contributed by atoms with Gasteiger partial charge < -0.3 is 16.0 Å². The molecule has 0 unspecified atom stereocenters. The van der Waals surface area contributed by atoms with Crippen LogP contribution >= 0.6 is 11.3 Å². The molecule has 148 valence electrons. The smallest absolute Gasteiger partial charge is 0.314 e. The first-order chi connectivity index (χ1) is 14.1. The maximum atomic E-state index is 12.8. The third-order valence-corrected chi connectivity index (χ3v) is 6.10. The number of thiazole rings is 1. The van der Waals surface area contributed by atoms with Crippen LogP contribution in [0.15, 0.2) is 60.0 Å². The van der Waals surface area contributed by atoms with Crippen LogP contribution in [-0.2, 0) is 0 Å². The molecule has 1 aromatic heterocycles. The topological polar surface area (TPSA) is 88.3 Å². The number of urea groups is 1. The van der Waals surface area contributed by atoms with Crippen LogP contribution in [0.25, 0.3) is 10.6 Å². The van der Waals surface area contributed by atoms with Crippen molar-refractivity contribution in [3.05, 3.63) is 71.2 Å². The van der Waals surface area contributed by atoms with Crippen molar-refractivity contribution < 1.29 is 9.59 Å². The summed E-state index contributed by atoms with van der Waals surface area (Å²) in [6.45, 7) is 1.27. The molecule has 3 N–H and O–H groups in total. The second kappa shape index (κ2) is 8.45. The molecule has 1 aliphatic rings. The van der Waals surface area contributed by atoms with Crippen molar-refractivity contribution >= 4 is 29.0 Å². The van der Waals surface area contributed by atoms with Crippen LogP contribution < -0.4 is 11.1 Å². The summed E-state index contributed by atoms with van der Waals surface area (Å²) in [6.07, 6.45) is 1.65. The second-order valence-corrected chi connectivity index (χ2v) is 7.90. The quantitative estimate of drug-likeness (QED) is 0.676. The lowest BCUT2D eigenvalue weighted by molar-refractivity contribution is 0.102. The summed E-state index contributed by atoms with van der Waals surface area (Å²) in [5.41, 5.74) is 8.67. The lowest BCUT2D eigenvalue weighted by Crippen LogP contribution is -2.41. The summed E-state index contributed by atoms with van der Waals surface area (Å²) >= 11 is 1.46. The van der Waals surface area contributed by atoms with Gasteiger partial charge in [-0.1, -0.05) is 48.5 Å². The molecule has 3 aromatic rings. The van der Waals surface area contributed by atoms with E-state index >= 15 is 0 Å². The SMILES string of the molecule is NC(=O)N1CCC(c2ccccc2NC(=O)c2csc(-c3ccccc3)n2)CC1. The van der Waals surface area contributed by atoms with Crippen LogP contribution in [-0.4, -0.2) is 34.9 Å². The lowest BCUT2D eigenvalue weighted by atomic mass is 9.88. The molecule has 0 radical (unpaired) electrons. The number of hydrogen-bond donors (Lipinski definition) is 2. The molecule has 0 spiro atoms. The zero-order chi connectivity index (χ0) is 20.2. The first kappa shape index (κ1) is 19.1. The number of piperidine rings is 1. The molecule has 1 aliphatic heterocycles. The Balaban J connectivity index is 1.48. The van der Waals surface area contributed by atoms with Crippen LogP contribution in [0.4, 0.5) is 10.5 Å². The number of anilines is 1. The van der Waals surface area contributed by atoms with Gasteiger partial charge in [0.1, 0.15) is 10.7 Å². The fourth-order valence-electron chi connectivity index (χ4n) is 3.66. The maximum Gasteiger partial charge on any atom is 0.314 e. The van der Waals surface area contributed by atoms with Gasteiger partial charge >= 0.3 is 6.03 Å². The minimum atomic E-state index is -0.372. The Kier molecular flexibility index (Phi) is 5.57. The van der Waals surface area contributed by atoms with Gasteiger partial charge in [-0.3, -0.25) is 4.79 Å². The van der Waals surface area contributed by atoms with E-state index in [1.165, 1.54) is 11.3 Å². The number of para-hydroxylation sites is 1. The number of aromatic nitrogens is 1. The van der Waals surface area contributed by atoms with Crippen molar-refractivity contribution in [3.8, 4) is 10.6 Å². The molecule has 6 nitrogen and oxygen atoms in total. The van der Waals surface area contributed by atoms with E-state index in [2.05, 4.69) is 10.3 Å². The molecule has 0 saturated carbocycles. The van der Waals surface area contributed by atoms with E-state index < -0.39 is 0 Å². The standard InChI is InChI=1S/C22H22N4O2S/c23-22(28)26-12-10-15(11-13-26)17-8-4-5-9-18(17)24-20(27)19-14-29-21(25-19)16-6-2-1-3-7-16/h1-9,14-15H,10-13H2,(H2,23,28)(H,24,27). The summed E-state index contributed by atoms with van der Waals surface area (Å²) in [5.74, 6) is 0.0582. The molecule has 0 aliphatic carbocycles. The third kappa shape index (κ3) is 4.30. The average Bonchev–Trinajstić information content (AvgIpc) is 3.25. The molecule has 4 rings (SSSR count). The fourth-order valence-corrected chi connectivity index (χ4v) is 4.46. The number of hydrogen-bond acceptors (Lipinski definition) is 4. The van der Waals surface area contributed by atoms with Gasteiger partial charge in [0.25, 0.3) is 5.91 Å². The molecular formula is C22H22N4O2S. The average molecular weight is 407 g/mol. The summed E-state index contributed by atoms with van der Waals surface area (Å²) < 4.78 is 0. The van der Waals surface area contributed by atoms with Crippen molar-refractivity contribution in [1.82, 2.24) is 9.88 Å². The van der Waals surface area contributed by atoms with E-state index in [9.17, 15) is 9.59 Å². The number of primary amides is 1. The summed E-state index contributed by atoms with van der Waals surface area (Å²) in [4.78, 5) is 30.3. The molecule has 7 heteroatoms. The number of nitrogens with zero attached hydrogens (tertiary/aromatic N) is 2. The van der Waals surface area contributed by atoms with Gasteiger partial charge in [0.05, 0.1) is 0 Å². The number of amides is 3. The Hall–Kier alpha value is -3.19. The highest BCUT2D eigenvalue weighted by Gasteiger charge is 2.24. The van der Waals surface area contributed by atoms with Gasteiger partial charge in [-0.05, 0) is 30.4 Å². The first-order valence-corrected chi connectivity index (χ1v) is 10.5. The van der Waals surface area contributed by atoms with Crippen LogP contribution in [0.2, 0.25) is 0 Å². The van der Waals surface area contributed by atoms with Crippen molar-refractivity contribution in [2.75, 3.05) is 18.4 Å². The van der Waals surface area contributed by atoms with Crippen LogP contribution in [0.1, 0.15) is 34.8 Å². The second-order valence-electron chi connectivity index (χ2n) is 7.04. The van der Waals surface area contributed by atoms with Gasteiger partial charge in [-0.15, -0.1) is 11.3 Å². The molecule has 29 heavy (non-hydrogen) atoms. The Morgan fingerprint density at radius 3 is 2.45 bits per heavy atom. The number of benzene rings is 2. The van der Waals surface area contributed by atoms with E-state index in [0.29, 0.717) is 18.8 Å². The monoisotopic (exact) mass is 406 g/mol. The minimum Gasteiger partial charge on any atom is -0.351 e. The van der Waals surface area contributed by atoms with E-state index in [4.69, 9.17) is 5.73 Å². The third-order valence-electron chi connectivity index (χ3n) is 5.21. The Morgan fingerprint density at radius 1 is 1.03 bits per heavy atom. The Labute approximate surface area is 173 Å². The molecule has 1 saturated heterocycles. The Morgan fingerprint density at radius 2 is 1.72 bits per heavy atom. The van der Waals surface area contributed by atoms with Gasteiger partial charge in [-0.2, -0.15) is 0 Å². The molecule has 2 aromatic carbocycles. The van der Waals surface area contributed by atoms with Gasteiger partial charge in [0.15, 0.2) is 0 Å². The molecule has 1 fully saturated rings. The van der Waals surface area contributed by atoms with E-state index in [1.54, 1.807) is 10.3 Å². The van der Waals surface area contributed by atoms with Crippen LogP contribution in [0.5, 0.6) is 0 Å². The zero-order valence-corrected chi connectivity index (χ0v) is 16.7. The summed E-state index contributed by atoms with van der Waals surface area (Å²) in [6, 6.07) is 17.3. The number of nitrogens with two attached hydrogens (primary N) is 1. The molecule has 2 heterocycles. The van der Waals surface area contributed by atoms with Crippen molar-refractivity contribution in [2.24, 2.45) is 5.73 Å². The summed E-state index contributed by atoms with van der Waals surface area (Å²) in [5, 5.41) is 5.63. The minimum absolute atomic E-state index is 0.217. The number of carbonyl (C=O) groups is 2. The predicted molar refractivity (Wildman–Crippen MR) is 115 cm³/mol. The highest BCUT2D eigenvalue weighted by atomic mass is 32.1. The molecule has 0 atom stereocenters. The normalized spacial score (nSPS) is 14.6. The zero-order valence-electron chi connectivity index (χ0n) is 15.9. The Bertz CT molecular complexity index is 1010. The van der Waals surface area contributed by atoms with Gasteiger partial charge in [0.2, 0.25) is 0 Å². The largest absolute Gasteiger partial charge is 0.351 e. The number of carbonyl (C=O) groups excluding carboxylic acids is 2. The van der Waals surface area contributed by atoms with Gasteiger partial charge in [0, 0.05) is 29.7 Å². The van der Waals surface area contributed by atoms with Crippen molar-refractivity contribution in [3.63, 3.8) is 0 Å². The first-order valence-electron chi connectivity index (χ1n) is 9.57. The number of nitrogens with one attached hydrogen (secondary N) is 1. The van der Waals surface area contributed by atoms with Gasteiger partial charge in [-0.25, -0.2) is 9.78 Å². The molecular weight excluding hydrogens is 384 g/mol. The van der Waals surface area contributed by atoms with E-state index in [0.717, 1.165) is 34.7 Å². The van der Waals surface area contributed by atoms with E-state index in [1.807, 2.05) is 54.6 Å². The van der Waals surface area contributed by atoms with Crippen molar-refractivity contribution in [2.45, 2.75) is 18.8 Å². The van der Waals surface area contributed by atoms with Crippen molar-refractivity contribution in [1.29, 1.82) is 0 Å². The summed E-state index contributed by atoms with van der Waals surface area (Å²) in [7, 11) is 0. The molecule has 3 amide bonds. The van der Waals surface area contributed by atoms with Crippen LogP contribution in [0.3, 0.4) is 0 Å². The lowest BCUT2D eigenvalue weighted by Gasteiger charge is -2.31. The number of rotatable bonds is 4. The predicted octanol–water partition coefficient (Wildman–Crippen LogP) is 4.32. The number of likely N-dealkylation sites (tertiary alicyclic amines) is 1. The highest BCUT2D eigenvalue weighted by molar-refractivity contribution is 7.13. The van der Waals surface area contributed by atoms with Crippen LogP contribution in [0, 0.1) is 0 Å². The molecule has 0 bridgehead atoms.